The molecule has 0 saturated heterocycles. The number of rotatable bonds is 1. The molecule has 0 aromatic carbocycles. The highest BCUT2D eigenvalue weighted by molar-refractivity contribution is 8.00. The largest absolute Gasteiger partial charge is 0.279 e. The molecule has 88 valence electrons. The molecule has 0 bridgehead atoms. The monoisotopic (exact) mass is 275 g/mol. The predicted octanol–water partition coefficient (Wildman–Crippen LogP) is 1.59. The van der Waals surface area contributed by atoms with Gasteiger partial charge in [-0.1, -0.05) is 17.8 Å². The Morgan fingerprint density at radius 2 is 2.28 bits per heavy atom. The number of carbonyl (C=O) groups excluding carboxylic acids is 1. The van der Waals surface area contributed by atoms with E-state index in [9.17, 15) is 9.59 Å². The third kappa shape index (κ3) is 1.50. The average molecular weight is 275 g/mol. The van der Waals surface area contributed by atoms with Crippen LogP contribution in [0.3, 0.4) is 0 Å². The standard InChI is InChI=1S/C11H5N3O2S2/c12-4-6-9(7-2-1-3-17-7)13-11-14(10(6)16)8(15)5-18-11/h1-3H,5H2. The number of nitriles is 1. The lowest BCUT2D eigenvalue weighted by Crippen LogP contribution is -2.28. The van der Waals surface area contributed by atoms with E-state index in [1.54, 1.807) is 6.07 Å². The van der Waals surface area contributed by atoms with E-state index < -0.39 is 5.56 Å². The fourth-order valence-corrected chi connectivity index (χ4v) is 3.27. The molecule has 7 heteroatoms. The number of nitrogens with zero attached hydrogens (tertiary/aromatic N) is 3. The van der Waals surface area contributed by atoms with Crippen molar-refractivity contribution in [3.05, 3.63) is 33.4 Å². The SMILES string of the molecule is N#Cc1c(-c2cccs2)nc2n(c1=O)C(=O)CS2. The summed E-state index contributed by atoms with van der Waals surface area (Å²) in [4.78, 5) is 28.7. The number of hydrogen-bond donors (Lipinski definition) is 0. The van der Waals surface area contributed by atoms with Crippen LogP contribution in [0, 0.1) is 11.3 Å². The smallest absolute Gasteiger partial charge is 0.273 e. The highest BCUT2D eigenvalue weighted by atomic mass is 32.2. The summed E-state index contributed by atoms with van der Waals surface area (Å²) in [6.07, 6.45) is 0. The molecule has 5 nitrogen and oxygen atoms in total. The van der Waals surface area contributed by atoms with Crippen LogP contribution >= 0.6 is 23.1 Å². The highest BCUT2D eigenvalue weighted by Crippen LogP contribution is 2.29. The fraction of sp³-hybridized carbons (Fsp3) is 0.0909. The lowest BCUT2D eigenvalue weighted by molar-refractivity contribution is 0.0933. The zero-order chi connectivity index (χ0) is 12.7. The summed E-state index contributed by atoms with van der Waals surface area (Å²) in [5.41, 5.74) is -0.274. The third-order valence-electron chi connectivity index (χ3n) is 2.49. The van der Waals surface area contributed by atoms with E-state index >= 15 is 0 Å². The Bertz CT molecular complexity index is 741. The molecular weight excluding hydrogens is 270 g/mol. The molecule has 1 aliphatic rings. The molecule has 0 radical (unpaired) electrons. The van der Waals surface area contributed by atoms with Crippen molar-refractivity contribution in [2.75, 3.05) is 5.75 Å². The van der Waals surface area contributed by atoms with Gasteiger partial charge in [0.05, 0.1) is 10.6 Å². The van der Waals surface area contributed by atoms with Gasteiger partial charge in [0.25, 0.3) is 5.56 Å². The van der Waals surface area contributed by atoms with Gasteiger partial charge in [-0.2, -0.15) is 5.26 Å². The van der Waals surface area contributed by atoms with Crippen molar-refractivity contribution in [3.63, 3.8) is 0 Å². The second-order valence-electron chi connectivity index (χ2n) is 3.53. The first-order valence-corrected chi connectivity index (χ1v) is 6.86. The number of thiophene rings is 1. The van der Waals surface area contributed by atoms with Crippen LogP contribution in [0.4, 0.5) is 0 Å². The summed E-state index contributed by atoms with van der Waals surface area (Å²) in [6.45, 7) is 0. The lowest BCUT2D eigenvalue weighted by Gasteiger charge is -2.04. The maximum Gasteiger partial charge on any atom is 0.279 e. The summed E-state index contributed by atoms with van der Waals surface area (Å²) in [7, 11) is 0. The quantitative estimate of drug-likeness (QED) is 0.739. The summed E-state index contributed by atoms with van der Waals surface area (Å²) in [5, 5.41) is 11.3. The van der Waals surface area contributed by atoms with Gasteiger partial charge in [0.15, 0.2) is 5.16 Å². The molecule has 3 heterocycles. The topological polar surface area (TPSA) is 75.8 Å². The van der Waals surface area contributed by atoms with Gasteiger partial charge in [-0.05, 0) is 11.4 Å². The summed E-state index contributed by atoms with van der Waals surface area (Å²) < 4.78 is 0.986. The van der Waals surface area contributed by atoms with E-state index in [4.69, 9.17) is 5.26 Å². The van der Waals surface area contributed by atoms with Crippen molar-refractivity contribution in [3.8, 4) is 16.6 Å². The minimum Gasteiger partial charge on any atom is -0.273 e. The number of aromatic nitrogens is 2. The molecule has 1 aliphatic heterocycles. The molecule has 2 aromatic heterocycles. The third-order valence-corrected chi connectivity index (χ3v) is 4.29. The van der Waals surface area contributed by atoms with Crippen LogP contribution in [0.2, 0.25) is 0 Å². The van der Waals surface area contributed by atoms with Crippen LogP contribution in [0.5, 0.6) is 0 Å². The first-order chi connectivity index (χ1) is 8.72. The van der Waals surface area contributed by atoms with Gasteiger partial charge in [-0.15, -0.1) is 11.3 Å². The number of carbonyl (C=O) groups is 1. The molecule has 0 aliphatic carbocycles. The van der Waals surface area contributed by atoms with Crippen molar-refractivity contribution < 1.29 is 4.79 Å². The second-order valence-corrected chi connectivity index (χ2v) is 5.42. The lowest BCUT2D eigenvalue weighted by atomic mass is 10.2. The van der Waals surface area contributed by atoms with Gasteiger partial charge in [0.1, 0.15) is 17.3 Å². The van der Waals surface area contributed by atoms with Gasteiger partial charge >= 0.3 is 0 Å². The number of fused-ring (bicyclic) bond motifs is 1. The van der Waals surface area contributed by atoms with Crippen LogP contribution in [0.15, 0.2) is 27.5 Å². The molecule has 0 saturated carbocycles. The van der Waals surface area contributed by atoms with Gasteiger partial charge in [-0.25, -0.2) is 9.55 Å². The van der Waals surface area contributed by atoms with E-state index in [0.29, 0.717) is 10.9 Å². The van der Waals surface area contributed by atoms with E-state index in [2.05, 4.69) is 4.98 Å². The maximum absolute atomic E-state index is 12.1. The Balaban J connectivity index is 2.37. The molecule has 0 atom stereocenters. The van der Waals surface area contributed by atoms with Crippen molar-refractivity contribution in [1.82, 2.24) is 9.55 Å². The van der Waals surface area contributed by atoms with E-state index in [1.165, 1.54) is 23.1 Å². The molecule has 0 spiro atoms. The molecule has 0 fully saturated rings. The zero-order valence-corrected chi connectivity index (χ0v) is 10.5. The number of thioether (sulfide) groups is 1. The van der Waals surface area contributed by atoms with Crippen LogP contribution in [0.1, 0.15) is 10.4 Å². The van der Waals surface area contributed by atoms with Gasteiger partial charge in [0.2, 0.25) is 5.91 Å². The normalized spacial score (nSPS) is 13.4. The predicted molar refractivity (Wildman–Crippen MR) is 67.9 cm³/mol. The van der Waals surface area contributed by atoms with Crippen LogP contribution in [-0.4, -0.2) is 21.2 Å². The molecule has 2 aromatic rings. The maximum atomic E-state index is 12.1. The molecule has 0 N–H and O–H groups in total. The Morgan fingerprint density at radius 1 is 1.44 bits per heavy atom. The van der Waals surface area contributed by atoms with E-state index in [0.717, 1.165) is 9.44 Å². The molecule has 18 heavy (non-hydrogen) atoms. The van der Waals surface area contributed by atoms with Crippen molar-refractivity contribution in [2.45, 2.75) is 5.16 Å². The van der Waals surface area contributed by atoms with E-state index in [1.807, 2.05) is 17.5 Å². The Morgan fingerprint density at radius 3 is 2.94 bits per heavy atom. The Labute approximate surface area is 110 Å². The summed E-state index contributed by atoms with van der Waals surface area (Å²) in [5.74, 6) is -0.122. The zero-order valence-electron chi connectivity index (χ0n) is 8.91. The molecule has 0 unspecified atom stereocenters. The van der Waals surface area contributed by atoms with Crippen molar-refractivity contribution >= 4 is 29.0 Å². The average Bonchev–Trinajstić information content (AvgIpc) is 2.99. The fourth-order valence-electron chi connectivity index (χ4n) is 1.70. The summed E-state index contributed by atoms with van der Waals surface area (Å²) in [6, 6.07) is 5.47. The molecule has 0 amide bonds. The first kappa shape index (κ1) is 11.2. The summed E-state index contributed by atoms with van der Waals surface area (Å²) >= 11 is 2.62. The number of hydrogen-bond acceptors (Lipinski definition) is 6. The highest BCUT2D eigenvalue weighted by Gasteiger charge is 2.27. The minimum atomic E-state index is -0.569. The van der Waals surface area contributed by atoms with Crippen molar-refractivity contribution in [2.24, 2.45) is 0 Å². The molecule has 3 rings (SSSR count). The van der Waals surface area contributed by atoms with E-state index in [-0.39, 0.29) is 17.2 Å². The van der Waals surface area contributed by atoms with Gasteiger partial charge in [0, 0.05) is 0 Å². The Kier molecular flexibility index (Phi) is 2.54. The van der Waals surface area contributed by atoms with Crippen LogP contribution < -0.4 is 5.56 Å². The van der Waals surface area contributed by atoms with Crippen molar-refractivity contribution in [1.29, 1.82) is 5.26 Å². The van der Waals surface area contributed by atoms with Crippen LogP contribution in [-0.2, 0) is 0 Å². The molecular formula is C11H5N3O2S2. The first-order valence-electron chi connectivity index (χ1n) is 4.99. The van der Waals surface area contributed by atoms with Gasteiger partial charge < -0.3 is 0 Å². The second kappa shape index (κ2) is 4.08. The van der Waals surface area contributed by atoms with Crippen LogP contribution in [0.25, 0.3) is 10.6 Å². The van der Waals surface area contributed by atoms with Gasteiger partial charge in [-0.3, -0.25) is 9.59 Å². The minimum absolute atomic E-state index is 0.0722. The Hall–Kier alpha value is -1.91.